The highest BCUT2D eigenvalue weighted by Gasteiger charge is 2.36. The van der Waals surface area contributed by atoms with Crippen LogP contribution in [-0.4, -0.2) is 42.6 Å². The fourth-order valence-electron chi connectivity index (χ4n) is 3.63. The number of carbonyl (C=O) groups is 2. The number of sulfone groups is 1. The minimum Gasteiger partial charge on any atom is -0.354 e. The van der Waals surface area contributed by atoms with Crippen LogP contribution in [0.2, 0.25) is 0 Å². The maximum absolute atomic E-state index is 12.5. The summed E-state index contributed by atoms with van der Waals surface area (Å²) in [6.07, 6.45) is 1.64. The van der Waals surface area contributed by atoms with E-state index >= 15 is 0 Å². The molecule has 2 N–H and O–H groups in total. The average molecular weight is 338 g/mol. The number of carbonyl (C=O) groups excluding carboxylic acids is 2. The molecule has 1 aliphatic heterocycles. The van der Waals surface area contributed by atoms with Crippen molar-refractivity contribution < 1.29 is 18.0 Å². The first-order chi connectivity index (χ1) is 10.6. The molecule has 2 heterocycles. The Morgan fingerprint density at radius 3 is 2.61 bits per heavy atom. The molecule has 0 spiro atoms. The van der Waals surface area contributed by atoms with Gasteiger partial charge in [-0.05, 0) is 30.7 Å². The lowest BCUT2D eigenvalue weighted by atomic mass is 9.75. The van der Waals surface area contributed by atoms with E-state index in [1.165, 1.54) is 0 Å². The molecule has 1 aromatic heterocycles. The van der Waals surface area contributed by atoms with Gasteiger partial charge in [0.25, 0.3) is 5.91 Å². The zero-order valence-electron chi connectivity index (χ0n) is 13.7. The van der Waals surface area contributed by atoms with Gasteiger partial charge in [0, 0.05) is 23.7 Å². The molecule has 1 atom stereocenters. The van der Waals surface area contributed by atoms with Crippen LogP contribution >= 0.6 is 0 Å². The lowest BCUT2D eigenvalue weighted by molar-refractivity contribution is 0.0909. The van der Waals surface area contributed by atoms with Crippen LogP contribution in [0.1, 0.15) is 58.8 Å². The number of rotatable bonds is 2. The number of aromatic nitrogens is 1. The van der Waals surface area contributed by atoms with E-state index in [-0.39, 0.29) is 34.7 Å². The minimum atomic E-state index is -3.04. The smallest absolute Gasteiger partial charge is 0.268 e. The number of H-pyrrole nitrogens is 1. The summed E-state index contributed by atoms with van der Waals surface area (Å²) in [5.41, 5.74) is 2.37. The van der Waals surface area contributed by atoms with Gasteiger partial charge in [-0.2, -0.15) is 0 Å². The van der Waals surface area contributed by atoms with Crippen molar-refractivity contribution in [3.05, 3.63) is 22.5 Å². The lowest BCUT2D eigenvalue weighted by Crippen LogP contribution is -2.36. The summed E-state index contributed by atoms with van der Waals surface area (Å²) in [4.78, 5) is 27.9. The highest BCUT2D eigenvalue weighted by atomic mass is 32.2. The first-order valence-electron chi connectivity index (χ1n) is 7.84. The number of hydrogen-bond donors (Lipinski definition) is 2. The normalized spacial score (nSPS) is 25.2. The van der Waals surface area contributed by atoms with Crippen molar-refractivity contribution in [2.24, 2.45) is 5.41 Å². The number of nitrogens with one attached hydrogen (secondary N) is 2. The number of Topliss-reactive ketones (excluding diaryl/α,β-unsaturated/α-hetero) is 1. The van der Waals surface area contributed by atoms with E-state index in [1.54, 1.807) is 6.92 Å². The first-order valence-corrected chi connectivity index (χ1v) is 9.66. The molecule has 0 saturated carbocycles. The van der Waals surface area contributed by atoms with E-state index in [0.29, 0.717) is 29.7 Å². The molecule has 2 aliphatic rings. The van der Waals surface area contributed by atoms with Crippen molar-refractivity contribution in [1.82, 2.24) is 10.3 Å². The fourth-order valence-corrected chi connectivity index (χ4v) is 5.30. The van der Waals surface area contributed by atoms with Crippen molar-refractivity contribution in [2.75, 3.05) is 11.5 Å². The summed E-state index contributed by atoms with van der Waals surface area (Å²) in [6, 6.07) is -0.348. The molecule has 126 valence electrons. The van der Waals surface area contributed by atoms with Crippen LogP contribution in [0.15, 0.2) is 0 Å². The summed E-state index contributed by atoms with van der Waals surface area (Å²) in [5.74, 6) is -0.160. The van der Waals surface area contributed by atoms with Crippen LogP contribution in [0, 0.1) is 12.3 Å². The van der Waals surface area contributed by atoms with Gasteiger partial charge in [-0.3, -0.25) is 9.59 Å². The average Bonchev–Trinajstić information content (AvgIpc) is 2.88. The van der Waals surface area contributed by atoms with Crippen molar-refractivity contribution in [3.8, 4) is 0 Å². The molecule has 0 bridgehead atoms. The Morgan fingerprint density at radius 2 is 2.00 bits per heavy atom. The number of fused-ring (bicyclic) bond motifs is 1. The third kappa shape index (κ3) is 3.06. The zero-order chi connectivity index (χ0) is 17.0. The van der Waals surface area contributed by atoms with Gasteiger partial charge >= 0.3 is 0 Å². The molecule has 1 aromatic rings. The van der Waals surface area contributed by atoms with E-state index < -0.39 is 9.84 Å². The molecule has 6 nitrogen and oxygen atoms in total. The second kappa shape index (κ2) is 5.19. The van der Waals surface area contributed by atoms with Crippen LogP contribution in [0.3, 0.4) is 0 Å². The van der Waals surface area contributed by atoms with Gasteiger partial charge < -0.3 is 10.3 Å². The molecule has 0 unspecified atom stereocenters. The summed E-state index contributed by atoms with van der Waals surface area (Å²) >= 11 is 0. The summed E-state index contributed by atoms with van der Waals surface area (Å²) in [5, 5.41) is 2.78. The molecule has 1 fully saturated rings. The molecule has 3 rings (SSSR count). The standard InChI is InChI=1S/C16H22N2O4S/c1-9-13-11(6-16(2,3)7-12(13)19)18-14(9)15(20)17-10-4-5-23(21,22)8-10/h10,18H,4-8H2,1-3H3,(H,17,20)/t10-/m0/s1. The number of amides is 1. The molecular weight excluding hydrogens is 316 g/mol. The maximum Gasteiger partial charge on any atom is 0.268 e. The Kier molecular flexibility index (Phi) is 3.66. The van der Waals surface area contributed by atoms with Crippen molar-refractivity contribution in [3.63, 3.8) is 0 Å². The number of ketones is 1. The largest absolute Gasteiger partial charge is 0.354 e. The van der Waals surface area contributed by atoms with Gasteiger partial charge in [0.15, 0.2) is 15.6 Å². The Bertz CT molecular complexity index is 789. The molecular formula is C16H22N2O4S. The molecule has 1 aliphatic carbocycles. The highest BCUT2D eigenvalue weighted by Crippen LogP contribution is 2.36. The second-order valence-corrected chi connectivity index (χ2v) is 9.72. The van der Waals surface area contributed by atoms with Gasteiger partial charge in [-0.1, -0.05) is 13.8 Å². The fraction of sp³-hybridized carbons (Fsp3) is 0.625. The number of aromatic amines is 1. The van der Waals surface area contributed by atoms with E-state index in [1.807, 2.05) is 13.8 Å². The SMILES string of the molecule is Cc1c(C(=O)N[C@H]2CCS(=O)(=O)C2)[nH]c2c1C(=O)CC(C)(C)C2. The minimum absolute atomic E-state index is 0.00975. The molecule has 1 saturated heterocycles. The van der Waals surface area contributed by atoms with Gasteiger partial charge in [0.2, 0.25) is 0 Å². The van der Waals surface area contributed by atoms with Gasteiger partial charge in [-0.25, -0.2) is 8.42 Å². The summed E-state index contributed by atoms with van der Waals surface area (Å²) < 4.78 is 23.0. The first kappa shape index (κ1) is 16.2. The topological polar surface area (TPSA) is 96.1 Å². The maximum atomic E-state index is 12.5. The third-order valence-corrected chi connectivity index (χ3v) is 6.46. The van der Waals surface area contributed by atoms with Crippen LogP contribution in [0.4, 0.5) is 0 Å². The van der Waals surface area contributed by atoms with Crippen molar-refractivity contribution in [1.29, 1.82) is 0 Å². The Hall–Kier alpha value is -1.63. The Labute approximate surface area is 136 Å². The predicted octanol–water partition coefficient (Wildman–Crippen LogP) is 1.40. The summed E-state index contributed by atoms with van der Waals surface area (Å²) in [7, 11) is -3.04. The monoisotopic (exact) mass is 338 g/mol. The zero-order valence-corrected chi connectivity index (χ0v) is 14.5. The van der Waals surface area contributed by atoms with Crippen LogP contribution in [0.5, 0.6) is 0 Å². The molecule has 0 radical (unpaired) electrons. The van der Waals surface area contributed by atoms with E-state index in [4.69, 9.17) is 0 Å². The van der Waals surface area contributed by atoms with Gasteiger partial charge in [0.1, 0.15) is 5.69 Å². The lowest BCUT2D eigenvalue weighted by Gasteiger charge is -2.28. The van der Waals surface area contributed by atoms with Gasteiger partial charge in [-0.15, -0.1) is 0 Å². The van der Waals surface area contributed by atoms with Crippen LogP contribution in [0.25, 0.3) is 0 Å². The molecule has 0 aromatic carbocycles. The predicted molar refractivity (Wildman–Crippen MR) is 86.5 cm³/mol. The molecule has 23 heavy (non-hydrogen) atoms. The van der Waals surface area contributed by atoms with E-state index in [2.05, 4.69) is 10.3 Å². The molecule has 1 amide bonds. The third-order valence-electron chi connectivity index (χ3n) is 4.70. The Balaban J connectivity index is 1.84. The Morgan fingerprint density at radius 1 is 1.30 bits per heavy atom. The highest BCUT2D eigenvalue weighted by molar-refractivity contribution is 7.91. The molecule has 7 heteroatoms. The second-order valence-electron chi connectivity index (χ2n) is 7.49. The van der Waals surface area contributed by atoms with Crippen LogP contribution in [-0.2, 0) is 16.3 Å². The quantitative estimate of drug-likeness (QED) is 0.852. The summed E-state index contributed by atoms with van der Waals surface area (Å²) in [6.45, 7) is 5.84. The van der Waals surface area contributed by atoms with E-state index in [9.17, 15) is 18.0 Å². The van der Waals surface area contributed by atoms with Gasteiger partial charge in [0.05, 0.1) is 11.5 Å². The van der Waals surface area contributed by atoms with Crippen molar-refractivity contribution >= 4 is 21.5 Å². The van der Waals surface area contributed by atoms with Crippen LogP contribution < -0.4 is 5.32 Å². The van der Waals surface area contributed by atoms with E-state index in [0.717, 1.165) is 12.1 Å². The number of hydrogen-bond acceptors (Lipinski definition) is 4. The van der Waals surface area contributed by atoms with Crippen molar-refractivity contribution in [2.45, 2.75) is 46.1 Å².